The normalized spacial score (nSPS) is 26.1. The van der Waals surface area contributed by atoms with Crippen molar-refractivity contribution in [2.45, 2.75) is 77.7 Å². The Labute approximate surface area is 107 Å². The monoisotopic (exact) mass is 239 g/mol. The molecule has 1 aliphatic rings. The highest BCUT2D eigenvalue weighted by Crippen LogP contribution is 2.28. The molecule has 0 aromatic carbocycles. The Balaban J connectivity index is 2.50. The zero-order valence-corrected chi connectivity index (χ0v) is 11.8. The molecule has 1 heterocycles. The van der Waals surface area contributed by atoms with Gasteiger partial charge in [-0.25, -0.2) is 0 Å². The zero-order chi connectivity index (χ0) is 12.7. The Morgan fingerprint density at radius 1 is 1.35 bits per heavy atom. The summed E-state index contributed by atoms with van der Waals surface area (Å²) in [7, 11) is 0. The molecule has 1 saturated heterocycles. The van der Waals surface area contributed by atoms with Crippen LogP contribution in [-0.4, -0.2) is 17.9 Å². The summed E-state index contributed by atoms with van der Waals surface area (Å²) in [4.78, 5) is 12.5. The highest BCUT2D eigenvalue weighted by Gasteiger charge is 2.38. The molecule has 2 atom stereocenters. The molecule has 0 spiro atoms. The summed E-state index contributed by atoms with van der Waals surface area (Å²) < 4.78 is 0. The van der Waals surface area contributed by atoms with E-state index in [0.29, 0.717) is 11.7 Å². The van der Waals surface area contributed by atoms with Gasteiger partial charge in [-0.3, -0.25) is 4.79 Å². The Hall–Kier alpha value is -0.370. The lowest BCUT2D eigenvalue weighted by Crippen LogP contribution is -2.47. The summed E-state index contributed by atoms with van der Waals surface area (Å²) in [6, 6.07) is 0. The van der Waals surface area contributed by atoms with Gasteiger partial charge in [0.2, 0.25) is 0 Å². The van der Waals surface area contributed by atoms with E-state index in [1.807, 2.05) is 0 Å². The average Bonchev–Trinajstić information content (AvgIpc) is 2.84. The second-order valence-corrected chi connectivity index (χ2v) is 5.51. The van der Waals surface area contributed by atoms with Crippen LogP contribution in [0.2, 0.25) is 0 Å². The van der Waals surface area contributed by atoms with Crippen molar-refractivity contribution in [3.63, 3.8) is 0 Å². The fraction of sp³-hybridized carbons (Fsp3) is 0.933. The lowest BCUT2D eigenvalue weighted by atomic mass is 9.82. The van der Waals surface area contributed by atoms with Crippen molar-refractivity contribution >= 4 is 5.78 Å². The van der Waals surface area contributed by atoms with E-state index in [-0.39, 0.29) is 5.54 Å². The molecule has 0 bridgehead atoms. The van der Waals surface area contributed by atoms with Crippen LogP contribution in [0, 0.1) is 5.92 Å². The van der Waals surface area contributed by atoms with Crippen LogP contribution in [0.15, 0.2) is 0 Å². The molecular formula is C15H29NO. The van der Waals surface area contributed by atoms with E-state index in [9.17, 15) is 4.79 Å². The van der Waals surface area contributed by atoms with Crippen LogP contribution in [-0.2, 0) is 4.79 Å². The molecule has 1 rings (SSSR count). The van der Waals surface area contributed by atoms with E-state index in [1.54, 1.807) is 0 Å². The maximum Gasteiger partial charge on any atom is 0.153 e. The lowest BCUT2D eigenvalue weighted by molar-refractivity contribution is -0.126. The average molecular weight is 239 g/mol. The number of carbonyl (C=O) groups is 1. The van der Waals surface area contributed by atoms with E-state index in [0.717, 1.165) is 38.6 Å². The Kier molecular flexibility index (Phi) is 6.18. The van der Waals surface area contributed by atoms with Crippen molar-refractivity contribution in [2.75, 3.05) is 6.54 Å². The van der Waals surface area contributed by atoms with Crippen LogP contribution >= 0.6 is 0 Å². The lowest BCUT2D eigenvalue weighted by Gasteiger charge is -2.28. The van der Waals surface area contributed by atoms with Crippen molar-refractivity contribution in [3.05, 3.63) is 0 Å². The highest BCUT2D eigenvalue weighted by atomic mass is 16.1. The second-order valence-electron chi connectivity index (χ2n) is 5.51. The van der Waals surface area contributed by atoms with Crippen molar-refractivity contribution in [2.24, 2.45) is 5.92 Å². The van der Waals surface area contributed by atoms with Crippen LogP contribution in [0.1, 0.15) is 72.1 Å². The van der Waals surface area contributed by atoms with Crippen molar-refractivity contribution in [3.8, 4) is 0 Å². The van der Waals surface area contributed by atoms with Crippen LogP contribution in [0.4, 0.5) is 0 Å². The van der Waals surface area contributed by atoms with Gasteiger partial charge in [0.1, 0.15) is 0 Å². The number of Topliss-reactive ketones (excluding diaryl/α,β-unsaturated/α-hetero) is 1. The first kappa shape index (κ1) is 14.7. The highest BCUT2D eigenvalue weighted by molar-refractivity contribution is 5.88. The number of carbonyl (C=O) groups excluding carboxylic acids is 1. The van der Waals surface area contributed by atoms with Gasteiger partial charge in [-0.05, 0) is 31.7 Å². The smallest absolute Gasteiger partial charge is 0.153 e. The summed E-state index contributed by atoms with van der Waals surface area (Å²) in [5.74, 6) is 1.08. The molecule has 2 unspecified atom stereocenters. The van der Waals surface area contributed by atoms with Gasteiger partial charge in [-0.15, -0.1) is 0 Å². The number of nitrogens with one attached hydrogen (secondary N) is 1. The van der Waals surface area contributed by atoms with E-state index in [4.69, 9.17) is 0 Å². The molecule has 100 valence electrons. The van der Waals surface area contributed by atoms with Gasteiger partial charge in [-0.2, -0.15) is 0 Å². The summed E-state index contributed by atoms with van der Waals surface area (Å²) in [6.45, 7) is 7.60. The number of rotatable bonds is 8. The van der Waals surface area contributed by atoms with Gasteiger partial charge in [0.05, 0.1) is 5.54 Å². The number of unbranched alkanes of at least 4 members (excludes halogenated alkanes) is 1. The minimum Gasteiger partial charge on any atom is -0.305 e. The van der Waals surface area contributed by atoms with Gasteiger partial charge in [0.25, 0.3) is 0 Å². The van der Waals surface area contributed by atoms with E-state index < -0.39 is 0 Å². The third-order valence-corrected chi connectivity index (χ3v) is 4.40. The molecule has 17 heavy (non-hydrogen) atoms. The van der Waals surface area contributed by atoms with Crippen LogP contribution < -0.4 is 5.32 Å². The molecule has 0 aromatic rings. The summed E-state index contributed by atoms with van der Waals surface area (Å²) >= 11 is 0. The first-order chi connectivity index (χ1) is 8.18. The first-order valence-corrected chi connectivity index (χ1v) is 7.46. The molecule has 0 radical (unpaired) electrons. The summed E-state index contributed by atoms with van der Waals surface area (Å²) in [5.41, 5.74) is -0.167. The topological polar surface area (TPSA) is 29.1 Å². The maximum atomic E-state index is 12.5. The molecule has 0 aromatic heterocycles. The fourth-order valence-electron chi connectivity index (χ4n) is 2.94. The third-order valence-electron chi connectivity index (χ3n) is 4.40. The van der Waals surface area contributed by atoms with Gasteiger partial charge in [0, 0.05) is 6.42 Å². The number of hydrogen-bond donors (Lipinski definition) is 1. The Bertz CT molecular complexity index is 231. The van der Waals surface area contributed by atoms with Crippen molar-refractivity contribution in [1.29, 1.82) is 0 Å². The number of hydrogen-bond acceptors (Lipinski definition) is 2. The quantitative estimate of drug-likeness (QED) is 0.700. The second kappa shape index (κ2) is 7.15. The first-order valence-electron chi connectivity index (χ1n) is 7.46. The van der Waals surface area contributed by atoms with Crippen LogP contribution in [0.5, 0.6) is 0 Å². The van der Waals surface area contributed by atoms with Gasteiger partial charge in [-0.1, -0.05) is 46.5 Å². The number of ketones is 1. The molecule has 1 aliphatic heterocycles. The predicted molar refractivity (Wildman–Crippen MR) is 73.2 cm³/mol. The van der Waals surface area contributed by atoms with E-state index in [2.05, 4.69) is 26.1 Å². The third kappa shape index (κ3) is 3.80. The van der Waals surface area contributed by atoms with Crippen LogP contribution in [0.3, 0.4) is 0 Å². The molecule has 0 amide bonds. The predicted octanol–water partition coefficient (Wildman–Crippen LogP) is 3.69. The minimum absolute atomic E-state index is 0.167. The molecule has 0 aliphatic carbocycles. The molecule has 2 nitrogen and oxygen atoms in total. The van der Waals surface area contributed by atoms with Gasteiger partial charge < -0.3 is 5.32 Å². The van der Waals surface area contributed by atoms with Crippen molar-refractivity contribution < 1.29 is 4.79 Å². The minimum atomic E-state index is -0.167. The van der Waals surface area contributed by atoms with E-state index >= 15 is 0 Å². The molecule has 0 saturated carbocycles. The molecule has 1 fully saturated rings. The van der Waals surface area contributed by atoms with E-state index in [1.165, 1.54) is 19.3 Å². The van der Waals surface area contributed by atoms with Crippen molar-refractivity contribution in [1.82, 2.24) is 5.32 Å². The standard InChI is InChI=1S/C15H29NO/c1-4-7-9-13(5-2)12-14(17)15(6-3)10-8-11-16-15/h13,16H,4-12H2,1-3H3. The molecule has 2 heteroatoms. The fourth-order valence-corrected chi connectivity index (χ4v) is 2.94. The largest absolute Gasteiger partial charge is 0.305 e. The summed E-state index contributed by atoms with van der Waals surface area (Å²) in [5, 5.41) is 3.46. The zero-order valence-electron chi connectivity index (χ0n) is 11.8. The molecule has 1 N–H and O–H groups in total. The Morgan fingerprint density at radius 3 is 2.59 bits per heavy atom. The summed E-state index contributed by atoms with van der Waals surface area (Å²) in [6.07, 6.45) is 8.82. The van der Waals surface area contributed by atoms with Gasteiger partial charge >= 0.3 is 0 Å². The molecular weight excluding hydrogens is 210 g/mol. The Morgan fingerprint density at radius 2 is 2.12 bits per heavy atom. The van der Waals surface area contributed by atoms with Crippen LogP contribution in [0.25, 0.3) is 0 Å². The SMILES string of the molecule is CCCCC(CC)CC(=O)C1(CC)CCCN1. The van der Waals surface area contributed by atoms with Gasteiger partial charge in [0.15, 0.2) is 5.78 Å². The maximum absolute atomic E-state index is 12.5.